The van der Waals surface area contributed by atoms with Crippen LogP contribution < -0.4 is 4.74 Å². The number of hydrogen-bond donors (Lipinski definition) is 2. The molecule has 0 amide bonds. The Labute approximate surface area is 186 Å². The number of aliphatic imine (C=N–C) groups is 1. The highest BCUT2D eigenvalue weighted by atomic mass is 32.1. The standard InChI is InChI=1S/C24H17N3O4S/c1-30-24(29)14-3-2-4-17(11-14)31-16-7-5-15(6-8-16)25-12-18-21-19(27-23(18)28)9-10-20-22(21)32-13-26-20/h2-13,27-28H,1H3. The van der Waals surface area contributed by atoms with Crippen LogP contribution in [-0.2, 0) is 4.74 Å². The van der Waals surface area contributed by atoms with E-state index in [1.165, 1.54) is 18.4 Å². The molecule has 8 heteroatoms. The van der Waals surface area contributed by atoms with E-state index >= 15 is 0 Å². The molecule has 2 N–H and O–H groups in total. The third-order valence-corrected chi connectivity index (χ3v) is 5.81. The monoisotopic (exact) mass is 443 g/mol. The van der Waals surface area contributed by atoms with Crippen molar-refractivity contribution in [2.75, 3.05) is 7.11 Å². The van der Waals surface area contributed by atoms with Gasteiger partial charge in [0.2, 0.25) is 0 Å². The van der Waals surface area contributed by atoms with Crippen molar-refractivity contribution in [1.29, 1.82) is 0 Å². The van der Waals surface area contributed by atoms with Gasteiger partial charge in [-0.2, -0.15) is 0 Å². The van der Waals surface area contributed by atoms with Crippen LogP contribution in [0.15, 0.2) is 71.2 Å². The molecule has 0 spiro atoms. The topological polar surface area (TPSA) is 96.8 Å². The molecular formula is C24H17N3O4S. The van der Waals surface area contributed by atoms with Crippen molar-refractivity contribution < 1.29 is 19.4 Å². The molecule has 2 heterocycles. The van der Waals surface area contributed by atoms with Crippen LogP contribution in [0.4, 0.5) is 5.69 Å². The Hall–Kier alpha value is -4.17. The number of carbonyl (C=O) groups excluding carboxylic acids is 1. The number of esters is 1. The number of aromatic nitrogens is 2. The van der Waals surface area contributed by atoms with E-state index in [9.17, 15) is 9.90 Å². The van der Waals surface area contributed by atoms with E-state index in [2.05, 4.69) is 15.0 Å². The second-order valence-corrected chi connectivity index (χ2v) is 7.80. The Morgan fingerprint density at radius 1 is 1.12 bits per heavy atom. The van der Waals surface area contributed by atoms with Crippen LogP contribution in [0.5, 0.6) is 17.4 Å². The van der Waals surface area contributed by atoms with Gasteiger partial charge in [-0.25, -0.2) is 9.78 Å². The Kier molecular flexibility index (Phi) is 5.04. The normalized spacial score (nSPS) is 11.4. The van der Waals surface area contributed by atoms with Crippen molar-refractivity contribution in [1.82, 2.24) is 9.97 Å². The molecule has 0 aliphatic rings. The molecular weight excluding hydrogens is 426 g/mol. The second-order valence-electron chi connectivity index (χ2n) is 6.95. The van der Waals surface area contributed by atoms with Crippen LogP contribution in [-0.4, -0.2) is 34.4 Å². The number of H-pyrrole nitrogens is 1. The fourth-order valence-corrected chi connectivity index (χ4v) is 4.27. The zero-order valence-electron chi connectivity index (χ0n) is 16.9. The first-order valence-corrected chi connectivity index (χ1v) is 10.6. The maximum absolute atomic E-state index is 11.7. The van der Waals surface area contributed by atoms with E-state index in [0.717, 1.165) is 21.1 Å². The van der Waals surface area contributed by atoms with Gasteiger partial charge in [0.05, 0.1) is 45.2 Å². The number of thiazole rings is 1. The number of aromatic amines is 1. The molecule has 0 aliphatic carbocycles. The lowest BCUT2D eigenvalue weighted by molar-refractivity contribution is 0.0600. The quantitative estimate of drug-likeness (QED) is 0.264. The van der Waals surface area contributed by atoms with E-state index in [1.807, 2.05) is 24.3 Å². The zero-order valence-corrected chi connectivity index (χ0v) is 17.7. The van der Waals surface area contributed by atoms with Gasteiger partial charge in [0, 0.05) is 11.6 Å². The highest BCUT2D eigenvalue weighted by molar-refractivity contribution is 7.17. The number of methoxy groups -OCH3 is 1. The molecule has 0 aliphatic heterocycles. The van der Waals surface area contributed by atoms with Gasteiger partial charge in [-0.05, 0) is 54.6 Å². The first kappa shape index (κ1) is 19.8. The lowest BCUT2D eigenvalue weighted by Gasteiger charge is -2.07. The molecule has 2 aromatic heterocycles. The molecule has 5 rings (SSSR count). The Morgan fingerprint density at radius 3 is 2.78 bits per heavy atom. The Morgan fingerprint density at radius 2 is 1.97 bits per heavy atom. The maximum atomic E-state index is 11.7. The third kappa shape index (κ3) is 3.67. The number of carbonyl (C=O) groups is 1. The number of aromatic hydroxyl groups is 1. The van der Waals surface area contributed by atoms with Crippen molar-refractivity contribution in [3.8, 4) is 17.4 Å². The van der Waals surface area contributed by atoms with E-state index in [1.54, 1.807) is 48.1 Å². The largest absolute Gasteiger partial charge is 0.494 e. The van der Waals surface area contributed by atoms with Gasteiger partial charge >= 0.3 is 5.97 Å². The highest BCUT2D eigenvalue weighted by Gasteiger charge is 2.13. The molecule has 7 nitrogen and oxygen atoms in total. The van der Waals surface area contributed by atoms with Gasteiger partial charge in [0.25, 0.3) is 0 Å². The molecule has 0 saturated heterocycles. The fourth-order valence-electron chi connectivity index (χ4n) is 3.42. The highest BCUT2D eigenvalue weighted by Crippen LogP contribution is 2.34. The van der Waals surface area contributed by atoms with Crippen molar-refractivity contribution in [2.24, 2.45) is 4.99 Å². The van der Waals surface area contributed by atoms with E-state index < -0.39 is 5.97 Å². The van der Waals surface area contributed by atoms with Gasteiger partial charge in [-0.15, -0.1) is 11.3 Å². The van der Waals surface area contributed by atoms with Crippen LogP contribution in [0.3, 0.4) is 0 Å². The Balaban J connectivity index is 1.38. The van der Waals surface area contributed by atoms with Gasteiger partial charge in [-0.3, -0.25) is 4.99 Å². The first-order valence-electron chi connectivity index (χ1n) is 9.69. The van der Waals surface area contributed by atoms with E-state index in [-0.39, 0.29) is 5.88 Å². The summed E-state index contributed by atoms with van der Waals surface area (Å²) in [5.41, 5.74) is 5.24. The predicted octanol–water partition coefficient (Wildman–Crippen LogP) is 5.81. The number of ether oxygens (including phenoxy) is 2. The molecule has 0 atom stereocenters. The molecule has 0 saturated carbocycles. The summed E-state index contributed by atoms with van der Waals surface area (Å²) in [6, 6.07) is 17.8. The maximum Gasteiger partial charge on any atom is 0.337 e. The molecule has 3 aromatic carbocycles. The lowest BCUT2D eigenvalue weighted by Crippen LogP contribution is -2.00. The summed E-state index contributed by atoms with van der Waals surface area (Å²) < 4.78 is 11.6. The summed E-state index contributed by atoms with van der Waals surface area (Å²) in [4.78, 5) is 23.5. The number of hydrogen-bond acceptors (Lipinski definition) is 7. The number of nitrogens with zero attached hydrogens (tertiary/aromatic N) is 2. The van der Waals surface area contributed by atoms with Crippen LogP contribution in [0, 0.1) is 0 Å². The molecule has 32 heavy (non-hydrogen) atoms. The van der Waals surface area contributed by atoms with Crippen LogP contribution >= 0.6 is 11.3 Å². The van der Waals surface area contributed by atoms with Crippen molar-refractivity contribution in [3.05, 3.63) is 77.3 Å². The molecule has 158 valence electrons. The first-order chi connectivity index (χ1) is 15.6. The predicted molar refractivity (Wildman–Crippen MR) is 125 cm³/mol. The molecule has 5 aromatic rings. The van der Waals surface area contributed by atoms with Gasteiger partial charge in [0.1, 0.15) is 11.5 Å². The molecule has 0 fully saturated rings. The number of nitrogens with one attached hydrogen (secondary N) is 1. The summed E-state index contributed by atoms with van der Waals surface area (Å²) in [6.07, 6.45) is 1.64. The minimum Gasteiger partial charge on any atom is -0.494 e. The summed E-state index contributed by atoms with van der Waals surface area (Å²) in [6.45, 7) is 0. The number of rotatable bonds is 5. The van der Waals surface area contributed by atoms with Gasteiger partial charge < -0.3 is 19.6 Å². The van der Waals surface area contributed by atoms with Crippen molar-refractivity contribution in [3.63, 3.8) is 0 Å². The third-order valence-electron chi connectivity index (χ3n) is 4.95. The molecule has 0 bridgehead atoms. The number of fused-ring (bicyclic) bond motifs is 3. The summed E-state index contributed by atoms with van der Waals surface area (Å²) in [5, 5.41) is 11.3. The average Bonchev–Trinajstić information content (AvgIpc) is 3.41. The SMILES string of the molecule is COC(=O)c1cccc(Oc2ccc(N=Cc3c(O)[nH]c4ccc5ncsc5c34)cc2)c1. The smallest absolute Gasteiger partial charge is 0.337 e. The van der Waals surface area contributed by atoms with Gasteiger partial charge in [-0.1, -0.05) is 6.07 Å². The summed E-state index contributed by atoms with van der Waals surface area (Å²) in [5.74, 6) is 0.778. The average molecular weight is 443 g/mol. The van der Waals surface area contributed by atoms with Crippen LogP contribution in [0.2, 0.25) is 0 Å². The Bertz CT molecular complexity index is 1470. The van der Waals surface area contributed by atoms with Crippen LogP contribution in [0.1, 0.15) is 15.9 Å². The fraction of sp³-hybridized carbons (Fsp3) is 0.0417. The van der Waals surface area contributed by atoms with Crippen LogP contribution in [0.25, 0.3) is 21.1 Å². The molecule has 0 unspecified atom stereocenters. The van der Waals surface area contributed by atoms with Crippen molar-refractivity contribution in [2.45, 2.75) is 0 Å². The lowest BCUT2D eigenvalue weighted by atomic mass is 10.1. The summed E-state index contributed by atoms with van der Waals surface area (Å²) in [7, 11) is 1.34. The van der Waals surface area contributed by atoms with E-state index in [4.69, 9.17) is 9.47 Å². The van der Waals surface area contributed by atoms with Gasteiger partial charge in [0.15, 0.2) is 5.88 Å². The van der Waals surface area contributed by atoms with Crippen molar-refractivity contribution >= 4 is 50.3 Å². The van der Waals surface area contributed by atoms with E-state index in [0.29, 0.717) is 28.3 Å². The number of benzene rings is 3. The summed E-state index contributed by atoms with van der Waals surface area (Å²) >= 11 is 1.52. The minimum atomic E-state index is -0.420. The zero-order chi connectivity index (χ0) is 22.1. The minimum absolute atomic E-state index is 0.0649. The second kappa shape index (κ2) is 8.16. The molecule has 0 radical (unpaired) electrons.